The molecule has 0 bridgehead atoms. The molecule has 0 unspecified atom stereocenters. The minimum absolute atomic E-state index is 0.942. The molecule has 5 rings (SSSR count). The van der Waals surface area contributed by atoms with Gasteiger partial charge in [0.15, 0.2) is 0 Å². The van der Waals surface area contributed by atoms with Crippen LogP contribution in [0.1, 0.15) is 5.56 Å². The molecule has 4 aromatic rings. The summed E-state index contributed by atoms with van der Waals surface area (Å²) in [5, 5.41) is 3.39. The van der Waals surface area contributed by atoms with E-state index in [1.807, 2.05) is 12.3 Å². The molecule has 0 radical (unpaired) electrons. The van der Waals surface area contributed by atoms with Crippen LogP contribution in [-0.4, -0.2) is 36.1 Å². The molecule has 1 aliphatic rings. The molecule has 1 aliphatic heterocycles. The first kappa shape index (κ1) is 17.1. The second-order valence-electron chi connectivity index (χ2n) is 7.11. The van der Waals surface area contributed by atoms with E-state index >= 15 is 0 Å². The summed E-state index contributed by atoms with van der Waals surface area (Å²) in [5.74, 6) is 2.23. The van der Waals surface area contributed by atoms with Crippen LogP contribution in [0.25, 0.3) is 21.3 Å². The minimum atomic E-state index is 0.942. The van der Waals surface area contributed by atoms with E-state index in [2.05, 4.69) is 68.5 Å². The molecule has 4 heterocycles. The largest absolute Gasteiger partial charge is 0.348 e. The van der Waals surface area contributed by atoms with Crippen LogP contribution in [0.5, 0.6) is 0 Å². The third kappa shape index (κ3) is 3.10. The number of nitrogens with one attached hydrogen (secondary N) is 1. The number of anilines is 2. The highest BCUT2D eigenvalue weighted by Crippen LogP contribution is 2.38. The maximum atomic E-state index is 4.70. The van der Waals surface area contributed by atoms with E-state index < -0.39 is 0 Å². The van der Waals surface area contributed by atoms with Crippen LogP contribution in [-0.2, 0) is 0 Å². The van der Waals surface area contributed by atoms with E-state index in [4.69, 9.17) is 4.98 Å². The van der Waals surface area contributed by atoms with Crippen LogP contribution in [0, 0.1) is 6.92 Å². The van der Waals surface area contributed by atoms with E-state index in [0.29, 0.717) is 0 Å². The van der Waals surface area contributed by atoms with Crippen molar-refractivity contribution in [3.05, 3.63) is 65.9 Å². The fraction of sp³-hybridized carbons (Fsp3) is 0.227. The zero-order chi connectivity index (χ0) is 18.9. The maximum absolute atomic E-state index is 4.70. The van der Waals surface area contributed by atoms with Gasteiger partial charge in [0.1, 0.15) is 30.1 Å². The number of aromatic amines is 1. The summed E-state index contributed by atoms with van der Waals surface area (Å²) < 4.78 is 0. The number of nitrogens with zero attached hydrogens (tertiary/aromatic N) is 4. The number of piperazine rings is 1. The molecule has 1 aromatic carbocycles. The van der Waals surface area contributed by atoms with Gasteiger partial charge in [0.05, 0.1) is 24.7 Å². The quantitative estimate of drug-likeness (QED) is 0.535. The summed E-state index contributed by atoms with van der Waals surface area (Å²) in [6.07, 6.45) is 3.68. The Morgan fingerprint density at radius 3 is 2.46 bits per heavy atom. The lowest BCUT2D eigenvalue weighted by Crippen LogP contribution is -2.48. The molecule has 28 heavy (non-hydrogen) atoms. The number of thiophene rings is 1. The van der Waals surface area contributed by atoms with Crippen LogP contribution < -0.4 is 14.8 Å². The van der Waals surface area contributed by atoms with Crippen molar-refractivity contribution in [1.29, 1.82) is 0 Å². The lowest BCUT2D eigenvalue weighted by atomic mass is 10.0. The van der Waals surface area contributed by atoms with E-state index in [0.717, 1.165) is 36.8 Å². The van der Waals surface area contributed by atoms with Crippen molar-refractivity contribution >= 4 is 33.2 Å². The van der Waals surface area contributed by atoms with Gasteiger partial charge in [-0.05, 0) is 18.6 Å². The molecule has 0 aliphatic carbocycles. The number of hydrogen-bond acceptors (Lipinski definition) is 5. The van der Waals surface area contributed by atoms with E-state index in [9.17, 15) is 0 Å². The lowest BCUT2D eigenvalue weighted by Gasteiger charge is -2.32. The smallest absolute Gasteiger partial charge is 0.274 e. The molecule has 1 fully saturated rings. The number of aryl methyl sites for hydroxylation is 1. The van der Waals surface area contributed by atoms with Crippen molar-refractivity contribution in [2.24, 2.45) is 0 Å². The Balaban J connectivity index is 1.47. The second kappa shape index (κ2) is 7.20. The number of pyridine rings is 1. The van der Waals surface area contributed by atoms with Crippen molar-refractivity contribution in [3.63, 3.8) is 0 Å². The Kier molecular flexibility index (Phi) is 4.41. The number of fused-ring (bicyclic) bond motifs is 1. The molecule has 1 N–H and O–H groups in total. The van der Waals surface area contributed by atoms with E-state index in [1.54, 1.807) is 17.7 Å². The lowest BCUT2D eigenvalue weighted by molar-refractivity contribution is -0.364. The molecule has 140 valence electrons. The monoisotopic (exact) mass is 388 g/mol. The van der Waals surface area contributed by atoms with Crippen molar-refractivity contribution in [1.82, 2.24) is 9.97 Å². The third-order valence-electron chi connectivity index (χ3n) is 5.33. The predicted octanol–water partition coefficient (Wildman–Crippen LogP) is 3.81. The number of benzene rings is 1. The normalized spacial score (nSPS) is 14.6. The van der Waals surface area contributed by atoms with Gasteiger partial charge in [-0.25, -0.2) is 15.0 Å². The third-order valence-corrected chi connectivity index (χ3v) is 6.21. The van der Waals surface area contributed by atoms with Crippen LogP contribution in [0.4, 0.5) is 11.6 Å². The van der Waals surface area contributed by atoms with Crippen LogP contribution >= 0.6 is 11.3 Å². The van der Waals surface area contributed by atoms with E-state index in [1.165, 1.54) is 27.9 Å². The van der Waals surface area contributed by atoms with E-state index in [-0.39, 0.29) is 0 Å². The van der Waals surface area contributed by atoms with Gasteiger partial charge in [0.2, 0.25) is 0 Å². The molecule has 0 amide bonds. The maximum Gasteiger partial charge on any atom is 0.274 e. The molecule has 5 nitrogen and oxygen atoms in total. The molecule has 1 saturated heterocycles. The summed E-state index contributed by atoms with van der Waals surface area (Å²) in [6, 6.07) is 14.9. The summed E-state index contributed by atoms with van der Waals surface area (Å²) in [4.78, 5) is 18.4. The van der Waals surface area contributed by atoms with Gasteiger partial charge >= 0.3 is 0 Å². The Morgan fingerprint density at radius 2 is 1.71 bits per heavy atom. The molecule has 3 aromatic heterocycles. The SMILES string of the molecule is Cc1ccc(-c2csc3ncnc(N4CCN(c5cccc[nH+]5)CC4)c23)cc1. The van der Waals surface area contributed by atoms with Crippen molar-refractivity contribution in [2.45, 2.75) is 6.92 Å². The standard InChI is InChI=1S/C22H21N5S/c1-16-5-7-17(8-6-16)18-14-28-22-20(18)21(24-15-25-22)27-12-10-26(11-13-27)19-4-2-3-9-23-19/h2-9,14-15H,10-13H2,1H3/p+1. The predicted molar refractivity (Wildman–Crippen MR) is 115 cm³/mol. The summed E-state index contributed by atoms with van der Waals surface area (Å²) in [6.45, 7) is 5.94. The number of hydrogen-bond donors (Lipinski definition) is 0. The zero-order valence-corrected chi connectivity index (χ0v) is 16.6. The Labute approximate surface area is 168 Å². The highest BCUT2D eigenvalue weighted by molar-refractivity contribution is 7.17. The van der Waals surface area contributed by atoms with Gasteiger partial charge < -0.3 is 4.90 Å². The van der Waals surface area contributed by atoms with Crippen LogP contribution in [0.2, 0.25) is 0 Å². The van der Waals surface area contributed by atoms with Gasteiger partial charge in [-0.1, -0.05) is 35.9 Å². The van der Waals surface area contributed by atoms with Crippen molar-refractivity contribution in [3.8, 4) is 11.1 Å². The molecule has 0 spiro atoms. The molecule has 0 saturated carbocycles. The summed E-state index contributed by atoms with van der Waals surface area (Å²) in [7, 11) is 0. The van der Waals surface area contributed by atoms with Gasteiger partial charge in [0.25, 0.3) is 5.82 Å². The first-order chi connectivity index (χ1) is 13.8. The number of rotatable bonds is 3. The van der Waals surface area contributed by atoms with Crippen molar-refractivity contribution in [2.75, 3.05) is 36.0 Å². The number of aromatic nitrogens is 3. The fourth-order valence-electron chi connectivity index (χ4n) is 3.78. The molecule has 0 atom stereocenters. The van der Waals surface area contributed by atoms with Gasteiger partial charge in [-0.15, -0.1) is 11.3 Å². The first-order valence-corrected chi connectivity index (χ1v) is 10.4. The number of H-pyrrole nitrogens is 1. The van der Waals surface area contributed by atoms with Crippen LogP contribution in [0.15, 0.2) is 60.4 Å². The van der Waals surface area contributed by atoms with Crippen molar-refractivity contribution < 1.29 is 4.98 Å². The second-order valence-corrected chi connectivity index (χ2v) is 7.97. The summed E-state index contributed by atoms with van der Waals surface area (Å²) in [5.41, 5.74) is 3.73. The molecule has 6 heteroatoms. The van der Waals surface area contributed by atoms with Gasteiger partial charge in [-0.3, -0.25) is 4.90 Å². The molecular formula is C22H22N5S+. The Bertz CT molecular complexity index is 1080. The van der Waals surface area contributed by atoms with Crippen LogP contribution in [0.3, 0.4) is 0 Å². The first-order valence-electron chi connectivity index (χ1n) is 9.55. The average Bonchev–Trinajstić information content (AvgIpc) is 3.19. The Morgan fingerprint density at radius 1 is 0.929 bits per heavy atom. The molecular weight excluding hydrogens is 366 g/mol. The van der Waals surface area contributed by atoms with Gasteiger partial charge in [-0.2, -0.15) is 0 Å². The highest BCUT2D eigenvalue weighted by Gasteiger charge is 2.26. The minimum Gasteiger partial charge on any atom is -0.348 e. The zero-order valence-electron chi connectivity index (χ0n) is 15.8. The average molecular weight is 389 g/mol. The Hall–Kier alpha value is -2.99. The fourth-order valence-corrected chi connectivity index (χ4v) is 4.69. The highest BCUT2D eigenvalue weighted by atomic mass is 32.1. The topological polar surface area (TPSA) is 46.4 Å². The summed E-state index contributed by atoms with van der Waals surface area (Å²) >= 11 is 1.70. The van der Waals surface area contributed by atoms with Gasteiger partial charge in [0, 0.05) is 17.0 Å².